The van der Waals surface area contributed by atoms with E-state index in [4.69, 9.17) is 24.7 Å². The molecule has 0 saturated carbocycles. The van der Waals surface area contributed by atoms with Gasteiger partial charge in [-0.05, 0) is 41.3 Å². The Morgan fingerprint density at radius 3 is 2.18 bits per heavy atom. The number of esters is 1. The van der Waals surface area contributed by atoms with Gasteiger partial charge in [-0.1, -0.05) is 86.1 Å². The normalized spacial score (nSPS) is 18.2. The molecule has 5 rings (SSSR count). The number of aromatic nitrogens is 2. The molecule has 9 heteroatoms. The van der Waals surface area contributed by atoms with Crippen LogP contribution in [-0.4, -0.2) is 41.9 Å². The molecule has 44 heavy (non-hydrogen) atoms. The first kappa shape index (κ1) is 31.0. The van der Waals surface area contributed by atoms with Gasteiger partial charge in [-0.25, -0.2) is 4.79 Å². The molecule has 1 aliphatic rings. The molecule has 0 amide bonds. The van der Waals surface area contributed by atoms with Gasteiger partial charge in [-0.2, -0.15) is 4.98 Å². The number of nitrogens with two attached hydrogens (primary N) is 1. The molecule has 0 aliphatic carbocycles. The third kappa shape index (κ3) is 6.85. The summed E-state index contributed by atoms with van der Waals surface area (Å²) in [5.41, 5.74) is 7.08. The van der Waals surface area contributed by atoms with Crippen LogP contribution in [0.3, 0.4) is 0 Å². The van der Waals surface area contributed by atoms with E-state index in [1.807, 2.05) is 67.6 Å². The van der Waals surface area contributed by atoms with Crippen molar-refractivity contribution >= 4 is 11.8 Å². The highest BCUT2D eigenvalue weighted by Crippen LogP contribution is 2.43. The van der Waals surface area contributed by atoms with Crippen LogP contribution in [0.1, 0.15) is 55.5 Å². The molecule has 230 valence electrons. The van der Waals surface area contributed by atoms with Crippen molar-refractivity contribution in [2.45, 2.75) is 50.5 Å². The second-order valence-electron chi connectivity index (χ2n) is 10.9. The minimum Gasteiger partial charge on any atom is -0.497 e. The number of anilines is 1. The Bertz CT molecular complexity index is 1520. The van der Waals surface area contributed by atoms with Crippen molar-refractivity contribution in [2.75, 3.05) is 26.1 Å². The predicted molar refractivity (Wildman–Crippen MR) is 167 cm³/mol. The molecule has 0 spiro atoms. The van der Waals surface area contributed by atoms with Gasteiger partial charge in [0.2, 0.25) is 0 Å². The summed E-state index contributed by atoms with van der Waals surface area (Å²) in [6.07, 6.45) is 2.90. The Morgan fingerprint density at radius 2 is 1.59 bits per heavy atom. The molecule has 2 heterocycles. The van der Waals surface area contributed by atoms with E-state index in [9.17, 15) is 9.59 Å². The topological polar surface area (TPSA) is 115 Å². The number of ether oxygens (including phenoxy) is 4. The van der Waals surface area contributed by atoms with Crippen LogP contribution >= 0.6 is 0 Å². The van der Waals surface area contributed by atoms with Crippen molar-refractivity contribution in [1.82, 2.24) is 9.55 Å². The van der Waals surface area contributed by atoms with Crippen LogP contribution in [0.25, 0.3) is 0 Å². The summed E-state index contributed by atoms with van der Waals surface area (Å²) in [7, 11) is 1.64. The fraction of sp³-hybridized carbons (Fsp3) is 0.343. The third-order valence-corrected chi connectivity index (χ3v) is 8.04. The quantitative estimate of drug-likeness (QED) is 0.159. The molecule has 3 atom stereocenters. The van der Waals surface area contributed by atoms with Crippen molar-refractivity contribution in [2.24, 2.45) is 5.92 Å². The van der Waals surface area contributed by atoms with Gasteiger partial charge in [-0.3, -0.25) is 9.36 Å². The average molecular weight is 598 g/mol. The molecule has 0 radical (unpaired) electrons. The van der Waals surface area contributed by atoms with Crippen LogP contribution in [0, 0.1) is 5.92 Å². The summed E-state index contributed by atoms with van der Waals surface area (Å²) >= 11 is 0. The summed E-state index contributed by atoms with van der Waals surface area (Å²) in [4.78, 5) is 29.0. The van der Waals surface area contributed by atoms with E-state index in [2.05, 4.69) is 29.2 Å². The fourth-order valence-electron chi connectivity index (χ4n) is 5.68. The standard InChI is InChI=1S/C35H39N3O6/c1-3-4-15-33(39)42-24-30-25(22-32(44-30)38-21-20-31(36)37-34(38)40)23-43-35(26-11-7-5-8-12-26,27-13-9-6-10-14-27)28-16-18-29(41-2)19-17-28/h5-14,16-21,25,30,32H,3-4,15,22-24H2,1-2H3,(H2,36,37,40). The zero-order valence-electron chi connectivity index (χ0n) is 25.1. The molecule has 3 aromatic carbocycles. The number of benzene rings is 3. The van der Waals surface area contributed by atoms with E-state index in [1.165, 1.54) is 4.57 Å². The highest BCUT2D eigenvalue weighted by atomic mass is 16.6. The molecule has 1 aliphatic heterocycles. The van der Waals surface area contributed by atoms with Gasteiger partial charge in [0.05, 0.1) is 19.8 Å². The van der Waals surface area contributed by atoms with E-state index in [0.29, 0.717) is 12.8 Å². The first-order valence-corrected chi connectivity index (χ1v) is 15.0. The molecule has 2 N–H and O–H groups in total. The lowest BCUT2D eigenvalue weighted by Gasteiger charge is -2.37. The monoisotopic (exact) mass is 597 g/mol. The van der Waals surface area contributed by atoms with Gasteiger partial charge in [0, 0.05) is 25.0 Å². The second kappa shape index (κ2) is 14.3. The maximum Gasteiger partial charge on any atom is 0.351 e. The molecular formula is C35H39N3O6. The Morgan fingerprint density at radius 1 is 0.955 bits per heavy atom. The fourth-order valence-corrected chi connectivity index (χ4v) is 5.68. The van der Waals surface area contributed by atoms with E-state index in [1.54, 1.807) is 19.4 Å². The zero-order valence-corrected chi connectivity index (χ0v) is 25.1. The summed E-state index contributed by atoms with van der Waals surface area (Å²) in [6.45, 7) is 2.33. The number of nitrogen functional groups attached to an aromatic ring is 1. The van der Waals surface area contributed by atoms with Crippen molar-refractivity contribution in [1.29, 1.82) is 0 Å². The van der Waals surface area contributed by atoms with Crippen molar-refractivity contribution in [3.05, 3.63) is 124 Å². The first-order chi connectivity index (χ1) is 21.4. The number of unbranched alkanes of at least 4 members (excludes halogenated alkanes) is 1. The predicted octanol–water partition coefficient (Wildman–Crippen LogP) is 5.48. The number of hydrogen-bond acceptors (Lipinski definition) is 8. The lowest BCUT2D eigenvalue weighted by Crippen LogP contribution is -2.36. The Labute approximate surface area is 257 Å². The van der Waals surface area contributed by atoms with Crippen molar-refractivity contribution in [3.8, 4) is 5.75 Å². The highest BCUT2D eigenvalue weighted by molar-refractivity contribution is 5.69. The maximum absolute atomic E-state index is 12.7. The lowest BCUT2D eigenvalue weighted by atomic mass is 9.80. The Hall–Kier alpha value is -4.47. The number of methoxy groups -OCH3 is 1. The van der Waals surface area contributed by atoms with Crippen LogP contribution in [0.2, 0.25) is 0 Å². The second-order valence-corrected chi connectivity index (χ2v) is 10.9. The summed E-state index contributed by atoms with van der Waals surface area (Å²) < 4.78 is 26.0. The van der Waals surface area contributed by atoms with Gasteiger partial charge in [-0.15, -0.1) is 0 Å². The van der Waals surface area contributed by atoms with Crippen molar-refractivity contribution in [3.63, 3.8) is 0 Å². The van der Waals surface area contributed by atoms with Gasteiger partial charge in [0.1, 0.15) is 30.0 Å². The minimum absolute atomic E-state index is 0.0520. The largest absolute Gasteiger partial charge is 0.497 e. The molecule has 1 aromatic heterocycles. The van der Waals surface area contributed by atoms with E-state index >= 15 is 0 Å². The molecule has 9 nitrogen and oxygen atoms in total. The van der Waals surface area contributed by atoms with Crippen LogP contribution in [0.5, 0.6) is 5.75 Å². The molecule has 4 aromatic rings. The number of carbonyl (C=O) groups is 1. The Kier molecular flexibility index (Phi) is 10.1. The van der Waals surface area contributed by atoms with Crippen LogP contribution < -0.4 is 16.2 Å². The molecule has 0 bridgehead atoms. The van der Waals surface area contributed by atoms with Gasteiger partial charge in [0.15, 0.2) is 0 Å². The van der Waals surface area contributed by atoms with Crippen LogP contribution in [0.4, 0.5) is 5.82 Å². The number of hydrogen-bond donors (Lipinski definition) is 1. The lowest BCUT2D eigenvalue weighted by molar-refractivity contribution is -0.150. The van der Waals surface area contributed by atoms with E-state index in [0.717, 1.165) is 35.3 Å². The Balaban J connectivity index is 1.50. The third-order valence-electron chi connectivity index (χ3n) is 8.04. The first-order valence-electron chi connectivity index (χ1n) is 15.0. The van der Waals surface area contributed by atoms with E-state index in [-0.39, 0.29) is 30.9 Å². The van der Waals surface area contributed by atoms with Crippen LogP contribution in [-0.2, 0) is 24.6 Å². The molecule has 1 saturated heterocycles. The van der Waals surface area contributed by atoms with Crippen LogP contribution in [0.15, 0.2) is 102 Å². The molecule has 1 fully saturated rings. The summed E-state index contributed by atoms with van der Waals surface area (Å²) in [5, 5.41) is 0. The van der Waals surface area contributed by atoms with Gasteiger partial charge < -0.3 is 24.7 Å². The van der Waals surface area contributed by atoms with Crippen molar-refractivity contribution < 1.29 is 23.7 Å². The smallest absolute Gasteiger partial charge is 0.351 e. The summed E-state index contributed by atoms with van der Waals surface area (Å²) in [5.74, 6) is 0.392. The maximum atomic E-state index is 12.7. The number of nitrogens with zero attached hydrogens (tertiary/aromatic N) is 2. The minimum atomic E-state index is -0.977. The van der Waals surface area contributed by atoms with Gasteiger partial charge in [0.25, 0.3) is 0 Å². The summed E-state index contributed by atoms with van der Waals surface area (Å²) in [6, 6.07) is 29.6. The van der Waals surface area contributed by atoms with E-state index < -0.39 is 23.6 Å². The molecular weight excluding hydrogens is 558 g/mol. The highest BCUT2D eigenvalue weighted by Gasteiger charge is 2.42. The van der Waals surface area contributed by atoms with Gasteiger partial charge >= 0.3 is 11.7 Å². The molecule has 3 unspecified atom stereocenters. The number of carbonyl (C=O) groups excluding carboxylic acids is 1. The number of rotatable bonds is 13. The average Bonchev–Trinajstić information content (AvgIpc) is 3.47. The SMILES string of the molecule is CCCCC(=O)OCC1OC(n2ccc(N)nc2=O)CC1COC(c1ccccc1)(c1ccccc1)c1ccc(OC)cc1. The zero-order chi connectivity index (χ0) is 30.9.